The molecule has 1 aromatic rings. The predicted octanol–water partition coefficient (Wildman–Crippen LogP) is 2.25. The van der Waals surface area contributed by atoms with Crippen molar-refractivity contribution in [2.24, 2.45) is 0 Å². The van der Waals surface area contributed by atoms with Crippen molar-refractivity contribution in [3.8, 4) is 5.75 Å². The first-order valence-corrected chi connectivity index (χ1v) is 7.77. The van der Waals surface area contributed by atoms with Gasteiger partial charge < -0.3 is 15.4 Å². The van der Waals surface area contributed by atoms with E-state index in [0.29, 0.717) is 23.6 Å². The zero-order chi connectivity index (χ0) is 13.7. The Morgan fingerprint density at radius 2 is 2.26 bits per heavy atom. The highest BCUT2D eigenvalue weighted by molar-refractivity contribution is 7.99. The third-order valence-corrected chi connectivity index (χ3v) is 4.12. The predicted molar refractivity (Wildman–Crippen MR) is 79.9 cm³/mol. The highest BCUT2D eigenvalue weighted by atomic mass is 32.2. The van der Waals surface area contributed by atoms with Crippen LogP contribution in [0, 0.1) is 0 Å². The Morgan fingerprint density at radius 1 is 1.42 bits per heavy atom. The standard InChI is InChI=1S/C14H20N2O2S/c1-2-18-13-11(5-3-6-12(13)15)14(17)16-7-4-9-19-10-8-16/h3,5-6H,2,4,7-10,15H2,1H3. The topological polar surface area (TPSA) is 55.6 Å². The molecule has 4 nitrogen and oxygen atoms in total. The fraction of sp³-hybridized carbons (Fsp3) is 0.500. The van der Waals surface area contributed by atoms with E-state index in [1.54, 1.807) is 18.2 Å². The number of nitrogens with zero attached hydrogens (tertiary/aromatic N) is 1. The molecule has 0 unspecified atom stereocenters. The minimum absolute atomic E-state index is 0.0262. The van der Waals surface area contributed by atoms with Crippen molar-refractivity contribution in [1.82, 2.24) is 4.90 Å². The maximum atomic E-state index is 12.6. The molecule has 1 aromatic carbocycles. The van der Waals surface area contributed by atoms with E-state index in [4.69, 9.17) is 10.5 Å². The molecule has 1 fully saturated rings. The van der Waals surface area contributed by atoms with Gasteiger partial charge in [0.25, 0.3) is 5.91 Å². The lowest BCUT2D eigenvalue weighted by Crippen LogP contribution is -2.33. The number of nitrogen functional groups attached to an aromatic ring is 1. The molecule has 1 saturated heterocycles. The molecule has 2 rings (SSSR count). The maximum absolute atomic E-state index is 12.6. The van der Waals surface area contributed by atoms with E-state index in [1.807, 2.05) is 23.6 Å². The molecule has 0 aliphatic carbocycles. The maximum Gasteiger partial charge on any atom is 0.257 e. The van der Waals surface area contributed by atoms with Crippen LogP contribution >= 0.6 is 11.8 Å². The van der Waals surface area contributed by atoms with Crippen LogP contribution in [-0.4, -0.2) is 42.0 Å². The van der Waals surface area contributed by atoms with Crippen LogP contribution in [0.15, 0.2) is 18.2 Å². The molecule has 5 heteroatoms. The average Bonchev–Trinajstić information content (AvgIpc) is 2.69. The molecule has 1 amide bonds. The second-order valence-corrected chi connectivity index (χ2v) is 5.64. The summed E-state index contributed by atoms with van der Waals surface area (Å²) < 4.78 is 5.53. The summed E-state index contributed by atoms with van der Waals surface area (Å²) in [5.74, 6) is 2.67. The van der Waals surface area contributed by atoms with E-state index in [9.17, 15) is 4.79 Å². The molecule has 0 saturated carbocycles. The fourth-order valence-electron chi connectivity index (χ4n) is 2.15. The fourth-order valence-corrected chi connectivity index (χ4v) is 3.04. The van der Waals surface area contributed by atoms with Crippen LogP contribution in [0.25, 0.3) is 0 Å². The number of anilines is 1. The van der Waals surface area contributed by atoms with Crippen LogP contribution in [0.5, 0.6) is 5.75 Å². The first-order valence-electron chi connectivity index (χ1n) is 6.62. The van der Waals surface area contributed by atoms with Crippen LogP contribution in [0.4, 0.5) is 5.69 Å². The van der Waals surface area contributed by atoms with E-state index >= 15 is 0 Å². The van der Waals surface area contributed by atoms with E-state index in [0.717, 1.165) is 31.0 Å². The molecule has 1 heterocycles. The number of benzene rings is 1. The lowest BCUT2D eigenvalue weighted by molar-refractivity contribution is 0.0764. The van der Waals surface area contributed by atoms with Crippen molar-refractivity contribution in [2.75, 3.05) is 36.9 Å². The Bertz CT molecular complexity index is 443. The molecule has 0 atom stereocenters. The van der Waals surface area contributed by atoms with Gasteiger partial charge >= 0.3 is 0 Å². The van der Waals surface area contributed by atoms with Gasteiger partial charge in [0.2, 0.25) is 0 Å². The van der Waals surface area contributed by atoms with Crippen molar-refractivity contribution >= 4 is 23.4 Å². The summed E-state index contributed by atoms with van der Waals surface area (Å²) in [5.41, 5.74) is 7.01. The Hall–Kier alpha value is -1.36. The van der Waals surface area contributed by atoms with Crippen LogP contribution < -0.4 is 10.5 Å². The van der Waals surface area contributed by atoms with E-state index in [1.165, 1.54) is 0 Å². The Labute approximate surface area is 118 Å². The van der Waals surface area contributed by atoms with Crippen molar-refractivity contribution in [2.45, 2.75) is 13.3 Å². The van der Waals surface area contributed by atoms with Crippen LogP contribution in [0.3, 0.4) is 0 Å². The Morgan fingerprint density at radius 3 is 3.05 bits per heavy atom. The van der Waals surface area contributed by atoms with E-state index in [2.05, 4.69) is 0 Å². The summed E-state index contributed by atoms with van der Waals surface area (Å²) in [4.78, 5) is 14.5. The van der Waals surface area contributed by atoms with Gasteiger partial charge in [-0.3, -0.25) is 4.79 Å². The Kier molecular flexibility index (Phi) is 4.96. The third kappa shape index (κ3) is 3.35. The number of carbonyl (C=O) groups excluding carboxylic acids is 1. The molecule has 2 N–H and O–H groups in total. The minimum Gasteiger partial charge on any atom is -0.491 e. The number of nitrogens with two attached hydrogens (primary N) is 1. The second kappa shape index (κ2) is 6.70. The molecular formula is C14H20N2O2S. The van der Waals surface area contributed by atoms with Crippen molar-refractivity contribution < 1.29 is 9.53 Å². The third-order valence-electron chi connectivity index (χ3n) is 3.07. The summed E-state index contributed by atoms with van der Waals surface area (Å²) in [6.45, 7) is 4.00. The molecular weight excluding hydrogens is 260 g/mol. The first kappa shape index (κ1) is 14.1. The summed E-state index contributed by atoms with van der Waals surface area (Å²) in [6.07, 6.45) is 1.04. The zero-order valence-corrected chi connectivity index (χ0v) is 12.0. The average molecular weight is 280 g/mol. The van der Waals surface area contributed by atoms with Gasteiger partial charge in [0.05, 0.1) is 17.9 Å². The van der Waals surface area contributed by atoms with Crippen molar-refractivity contribution in [1.29, 1.82) is 0 Å². The van der Waals surface area contributed by atoms with Crippen molar-refractivity contribution in [3.05, 3.63) is 23.8 Å². The number of para-hydroxylation sites is 1. The van der Waals surface area contributed by atoms with E-state index < -0.39 is 0 Å². The molecule has 0 radical (unpaired) electrons. The van der Waals surface area contributed by atoms with E-state index in [-0.39, 0.29) is 5.91 Å². The quantitative estimate of drug-likeness (QED) is 0.863. The second-order valence-electron chi connectivity index (χ2n) is 4.42. The molecule has 19 heavy (non-hydrogen) atoms. The van der Waals surface area contributed by atoms with Crippen LogP contribution in [-0.2, 0) is 0 Å². The minimum atomic E-state index is 0.0262. The number of rotatable bonds is 3. The summed E-state index contributed by atoms with van der Waals surface area (Å²) in [6, 6.07) is 5.36. The highest BCUT2D eigenvalue weighted by Gasteiger charge is 2.21. The number of amides is 1. The van der Waals surface area contributed by atoms with Gasteiger partial charge in [-0.1, -0.05) is 6.07 Å². The highest BCUT2D eigenvalue weighted by Crippen LogP contribution is 2.28. The SMILES string of the molecule is CCOc1c(N)cccc1C(=O)N1CCCSCC1. The van der Waals surface area contributed by atoms with Gasteiger partial charge in [-0.05, 0) is 31.2 Å². The lowest BCUT2D eigenvalue weighted by atomic mass is 10.1. The summed E-state index contributed by atoms with van der Waals surface area (Å²) in [7, 11) is 0. The van der Waals surface area contributed by atoms with Gasteiger partial charge in [-0.15, -0.1) is 0 Å². The van der Waals surface area contributed by atoms with Gasteiger partial charge in [-0.2, -0.15) is 11.8 Å². The molecule has 0 spiro atoms. The van der Waals surface area contributed by atoms with Crippen LogP contribution in [0.2, 0.25) is 0 Å². The van der Waals surface area contributed by atoms with Gasteiger partial charge in [-0.25, -0.2) is 0 Å². The van der Waals surface area contributed by atoms with Crippen molar-refractivity contribution in [3.63, 3.8) is 0 Å². The number of hydrogen-bond acceptors (Lipinski definition) is 4. The number of ether oxygens (including phenoxy) is 1. The summed E-state index contributed by atoms with van der Waals surface area (Å²) >= 11 is 1.90. The number of carbonyl (C=O) groups is 1. The largest absolute Gasteiger partial charge is 0.491 e. The van der Waals surface area contributed by atoms with Gasteiger partial charge in [0.15, 0.2) is 5.75 Å². The lowest BCUT2D eigenvalue weighted by Gasteiger charge is -2.22. The molecule has 0 bridgehead atoms. The Balaban J connectivity index is 2.24. The monoisotopic (exact) mass is 280 g/mol. The smallest absolute Gasteiger partial charge is 0.257 e. The molecule has 0 aromatic heterocycles. The molecule has 1 aliphatic heterocycles. The van der Waals surface area contributed by atoms with Gasteiger partial charge in [0.1, 0.15) is 0 Å². The molecule has 1 aliphatic rings. The van der Waals surface area contributed by atoms with Gasteiger partial charge in [0, 0.05) is 18.8 Å². The molecule has 104 valence electrons. The van der Waals surface area contributed by atoms with Crippen LogP contribution in [0.1, 0.15) is 23.7 Å². The number of thioether (sulfide) groups is 1. The first-order chi connectivity index (χ1) is 9.24. The number of hydrogen-bond donors (Lipinski definition) is 1. The zero-order valence-electron chi connectivity index (χ0n) is 11.2. The normalized spacial score (nSPS) is 15.9. The summed E-state index contributed by atoms with van der Waals surface area (Å²) in [5, 5.41) is 0.